The number of thioether (sulfide) groups is 1. The number of benzene rings is 1. The van der Waals surface area contributed by atoms with Crippen LogP contribution in [-0.4, -0.2) is 11.2 Å². The van der Waals surface area contributed by atoms with Crippen LogP contribution in [0.3, 0.4) is 0 Å². The number of fused-ring (bicyclic) bond motifs is 1. The van der Waals surface area contributed by atoms with Crippen LogP contribution in [0.5, 0.6) is 0 Å². The first-order chi connectivity index (χ1) is 6.29. The molecular formula is C11H13NS. The number of nitrogens with one attached hydrogen (secondary N) is 1. The summed E-state index contributed by atoms with van der Waals surface area (Å²) in [5.74, 6) is 1.06. The lowest BCUT2D eigenvalue weighted by atomic mass is 10.2. The fourth-order valence-corrected chi connectivity index (χ4v) is 2.00. The van der Waals surface area contributed by atoms with Gasteiger partial charge in [-0.25, -0.2) is 0 Å². The van der Waals surface area contributed by atoms with Crippen LogP contribution in [0.4, 0.5) is 0 Å². The van der Waals surface area contributed by atoms with Gasteiger partial charge in [0.05, 0.1) is 0 Å². The molecule has 0 saturated heterocycles. The van der Waals surface area contributed by atoms with Crippen molar-refractivity contribution < 1.29 is 0 Å². The average molecular weight is 191 g/mol. The second kappa shape index (κ2) is 3.46. The van der Waals surface area contributed by atoms with Gasteiger partial charge in [0.1, 0.15) is 0 Å². The third kappa shape index (κ3) is 1.73. The number of hydrogen-bond acceptors (Lipinski definition) is 1. The zero-order chi connectivity index (χ0) is 9.26. The Bertz CT molecular complexity index is 417. The molecule has 1 aromatic heterocycles. The number of rotatable bonds is 2. The van der Waals surface area contributed by atoms with E-state index in [-0.39, 0.29) is 0 Å². The molecule has 0 aliphatic carbocycles. The molecular weight excluding hydrogens is 178 g/mol. The van der Waals surface area contributed by atoms with Crippen molar-refractivity contribution >= 4 is 22.7 Å². The highest BCUT2D eigenvalue weighted by Gasteiger charge is 1.99. The van der Waals surface area contributed by atoms with Gasteiger partial charge >= 0.3 is 0 Å². The van der Waals surface area contributed by atoms with Crippen LogP contribution in [0.2, 0.25) is 0 Å². The Labute approximate surface area is 82.5 Å². The van der Waals surface area contributed by atoms with E-state index in [0.717, 1.165) is 5.75 Å². The first-order valence-electron chi connectivity index (χ1n) is 4.37. The summed E-state index contributed by atoms with van der Waals surface area (Å²) in [5.41, 5.74) is 3.88. The highest BCUT2D eigenvalue weighted by molar-refractivity contribution is 7.97. The Morgan fingerprint density at radius 2 is 2.15 bits per heavy atom. The molecule has 0 radical (unpaired) electrons. The number of aryl methyl sites for hydroxylation is 1. The molecule has 2 heteroatoms. The van der Waals surface area contributed by atoms with E-state index in [2.05, 4.69) is 42.4 Å². The van der Waals surface area contributed by atoms with Gasteiger partial charge in [0.15, 0.2) is 0 Å². The molecule has 13 heavy (non-hydrogen) atoms. The Hall–Kier alpha value is -0.890. The zero-order valence-electron chi connectivity index (χ0n) is 7.92. The fraction of sp³-hybridized carbons (Fsp3) is 0.273. The fourth-order valence-electron chi connectivity index (χ4n) is 1.53. The number of aromatic nitrogens is 1. The minimum Gasteiger partial charge on any atom is -0.358 e. The maximum Gasteiger partial charge on any atom is 0.0458 e. The molecule has 2 rings (SSSR count). The van der Waals surface area contributed by atoms with E-state index >= 15 is 0 Å². The molecule has 0 unspecified atom stereocenters. The van der Waals surface area contributed by atoms with Gasteiger partial charge in [-0.3, -0.25) is 0 Å². The predicted molar refractivity (Wildman–Crippen MR) is 60.3 cm³/mol. The van der Waals surface area contributed by atoms with E-state index < -0.39 is 0 Å². The van der Waals surface area contributed by atoms with Gasteiger partial charge < -0.3 is 4.98 Å². The van der Waals surface area contributed by atoms with Gasteiger partial charge in [-0.1, -0.05) is 12.1 Å². The summed E-state index contributed by atoms with van der Waals surface area (Å²) in [6.07, 6.45) is 2.12. The quantitative estimate of drug-likeness (QED) is 0.769. The molecule has 1 heterocycles. The normalized spacial score (nSPS) is 10.9. The third-order valence-corrected chi connectivity index (χ3v) is 2.73. The van der Waals surface area contributed by atoms with Crippen LogP contribution >= 0.6 is 11.8 Å². The first kappa shape index (κ1) is 8.70. The first-order valence-corrected chi connectivity index (χ1v) is 5.76. The van der Waals surface area contributed by atoms with Crippen LogP contribution < -0.4 is 0 Å². The molecule has 0 fully saturated rings. The van der Waals surface area contributed by atoms with Gasteiger partial charge in [-0.05, 0) is 36.3 Å². The smallest absolute Gasteiger partial charge is 0.0458 e. The molecule has 0 amide bonds. The van der Waals surface area contributed by atoms with E-state index in [9.17, 15) is 0 Å². The second-order valence-electron chi connectivity index (χ2n) is 3.32. The minimum atomic E-state index is 1.06. The Morgan fingerprint density at radius 1 is 1.31 bits per heavy atom. The number of aromatic amines is 1. The van der Waals surface area contributed by atoms with E-state index in [1.165, 1.54) is 22.2 Å². The summed E-state index contributed by atoms with van der Waals surface area (Å²) >= 11 is 1.84. The maximum absolute atomic E-state index is 3.42. The minimum absolute atomic E-state index is 1.06. The van der Waals surface area contributed by atoms with E-state index in [0.29, 0.717) is 0 Å². The van der Waals surface area contributed by atoms with Gasteiger partial charge in [0.2, 0.25) is 0 Å². The number of H-pyrrole nitrogens is 1. The van der Waals surface area contributed by atoms with Gasteiger partial charge in [0, 0.05) is 17.0 Å². The van der Waals surface area contributed by atoms with Crippen molar-refractivity contribution in [3.8, 4) is 0 Å². The van der Waals surface area contributed by atoms with Crippen LogP contribution in [0.15, 0.2) is 24.3 Å². The van der Waals surface area contributed by atoms with Crippen molar-refractivity contribution in [2.45, 2.75) is 12.7 Å². The van der Waals surface area contributed by atoms with Crippen molar-refractivity contribution in [1.29, 1.82) is 0 Å². The molecule has 0 bridgehead atoms. The largest absolute Gasteiger partial charge is 0.358 e. The van der Waals surface area contributed by atoms with Crippen LogP contribution in [0.1, 0.15) is 11.3 Å². The van der Waals surface area contributed by atoms with Gasteiger partial charge in [-0.15, -0.1) is 0 Å². The Kier molecular flexibility index (Phi) is 2.32. The van der Waals surface area contributed by atoms with Crippen LogP contribution in [0, 0.1) is 6.92 Å². The van der Waals surface area contributed by atoms with E-state index in [1.807, 2.05) is 11.8 Å². The molecule has 1 aromatic carbocycles. The van der Waals surface area contributed by atoms with Crippen molar-refractivity contribution in [3.63, 3.8) is 0 Å². The van der Waals surface area contributed by atoms with Crippen molar-refractivity contribution in [2.24, 2.45) is 0 Å². The average Bonchev–Trinajstić information content (AvgIpc) is 2.46. The van der Waals surface area contributed by atoms with Crippen LogP contribution in [-0.2, 0) is 5.75 Å². The summed E-state index contributed by atoms with van der Waals surface area (Å²) in [6, 6.07) is 8.74. The molecule has 2 aromatic rings. The molecule has 0 saturated carbocycles. The van der Waals surface area contributed by atoms with E-state index in [1.54, 1.807) is 0 Å². The standard InChI is InChI=1S/C11H13NS/c1-8-3-4-9-6-10(7-13-2)12-11(9)5-8/h3-6,12H,7H2,1-2H3. The predicted octanol–water partition coefficient (Wildman–Crippen LogP) is 3.34. The van der Waals surface area contributed by atoms with E-state index in [4.69, 9.17) is 0 Å². The SMILES string of the molecule is CSCc1cc2ccc(C)cc2[nH]1. The molecule has 1 N–H and O–H groups in total. The molecule has 0 atom stereocenters. The zero-order valence-corrected chi connectivity index (χ0v) is 8.74. The lowest BCUT2D eigenvalue weighted by Gasteiger charge is -1.91. The summed E-state index contributed by atoms with van der Waals surface area (Å²) in [4.78, 5) is 3.42. The Balaban J connectivity index is 2.49. The van der Waals surface area contributed by atoms with Crippen molar-refractivity contribution in [2.75, 3.05) is 6.26 Å². The highest BCUT2D eigenvalue weighted by atomic mass is 32.2. The van der Waals surface area contributed by atoms with Crippen molar-refractivity contribution in [3.05, 3.63) is 35.5 Å². The summed E-state index contributed by atoms with van der Waals surface area (Å²) in [5, 5.41) is 1.31. The summed E-state index contributed by atoms with van der Waals surface area (Å²) < 4.78 is 0. The second-order valence-corrected chi connectivity index (χ2v) is 4.18. The van der Waals surface area contributed by atoms with Crippen LogP contribution in [0.25, 0.3) is 10.9 Å². The summed E-state index contributed by atoms with van der Waals surface area (Å²) in [7, 11) is 0. The van der Waals surface area contributed by atoms with Gasteiger partial charge in [-0.2, -0.15) is 11.8 Å². The summed E-state index contributed by atoms with van der Waals surface area (Å²) in [6.45, 7) is 2.12. The maximum atomic E-state index is 3.42. The molecule has 0 aliphatic heterocycles. The highest BCUT2D eigenvalue weighted by Crippen LogP contribution is 2.18. The molecule has 0 spiro atoms. The molecule has 0 aliphatic rings. The van der Waals surface area contributed by atoms with Crippen molar-refractivity contribution in [1.82, 2.24) is 4.98 Å². The topological polar surface area (TPSA) is 15.8 Å². The lowest BCUT2D eigenvalue weighted by Crippen LogP contribution is -1.76. The third-order valence-electron chi connectivity index (χ3n) is 2.13. The monoisotopic (exact) mass is 191 g/mol. The van der Waals surface area contributed by atoms with Gasteiger partial charge in [0.25, 0.3) is 0 Å². The number of hydrogen-bond donors (Lipinski definition) is 1. The molecule has 1 nitrogen and oxygen atoms in total. The molecule has 68 valence electrons. The Morgan fingerprint density at radius 3 is 2.92 bits per heavy atom. The lowest BCUT2D eigenvalue weighted by molar-refractivity contribution is 1.26.